The molecule has 1 saturated carbocycles. The fraction of sp³-hybridized carbons (Fsp3) is 0.647. The minimum atomic E-state index is -0.191. The molecule has 2 aliphatic rings. The van der Waals surface area contributed by atoms with E-state index in [2.05, 4.69) is 15.2 Å². The van der Waals surface area contributed by atoms with E-state index in [1.165, 1.54) is 0 Å². The number of β-amino-alcohol motifs (C(OH)–C–C–N with tert-alkyl or cyclic N) is 1. The number of aliphatic hydroxyl groups is 1. The van der Waals surface area contributed by atoms with Crippen molar-refractivity contribution in [1.29, 1.82) is 0 Å². The predicted molar refractivity (Wildman–Crippen MR) is 84.3 cm³/mol. The van der Waals surface area contributed by atoms with Crippen LogP contribution in [0.2, 0.25) is 0 Å². The lowest BCUT2D eigenvalue weighted by Gasteiger charge is -2.29. The van der Waals surface area contributed by atoms with Gasteiger partial charge in [-0.25, -0.2) is 0 Å². The number of aliphatic hydroxyl groups excluding tert-OH is 1. The van der Waals surface area contributed by atoms with Crippen LogP contribution in [0.3, 0.4) is 0 Å². The number of hydrogen-bond acceptors (Lipinski definition) is 4. The summed E-state index contributed by atoms with van der Waals surface area (Å²) in [4.78, 5) is 18.5. The van der Waals surface area contributed by atoms with Gasteiger partial charge in [0.05, 0.1) is 6.10 Å². The van der Waals surface area contributed by atoms with Crippen molar-refractivity contribution in [3.8, 4) is 0 Å². The molecule has 1 aliphatic heterocycles. The molecule has 0 spiro atoms. The first kappa shape index (κ1) is 15.4. The highest BCUT2D eigenvalue weighted by Gasteiger charge is 2.36. The smallest absolute Gasteiger partial charge is 0.220 e. The first-order valence-corrected chi connectivity index (χ1v) is 8.33. The molecule has 3 atom stereocenters. The zero-order valence-electron chi connectivity index (χ0n) is 12.9. The standard InChI is InChI=1S/C17H25N3O2/c21-14-8-11-20(12-14)16-3-1-2-15(16)19-17(22)5-4-13-6-9-18-10-7-13/h6-7,9-10,14-16,21H,1-5,8,11-12H2,(H,19,22)/t14?,15-,16+/m1/s1. The highest BCUT2D eigenvalue weighted by molar-refractivity contribution is 5.76. The van der Waals surface area contributed by atoms with Crippen molar-refractivity contribution >= 4 is 5.91 Å². The maximum absolute atomic E-state index is 12.2. The van der Waals surface area contributed by atoms with Crippen molar-refractivity contribution in [3.63, 3.8) is 0 Å². The van der Waals surface area contributed by atoms with Gasteiger partial charge in [0.25, 0.3) is 0 Å². The van der Waals surface area contributed by atoms with Crippen LogP contribution >= 0.6 is 0 Å². The monoisotopic (exact) mass is 303 g/mol. The van der Waals surface area contributed by atoms with Crippen LogP contribution in [0.25, 0.3) is 0 Å². The lowest BCUT2D eigenvalue weighted by Crippen LogP contribution is -2.48. The lowest BCUT2D eigenvalue weighted by molar-refractivity contribution is -0.122. The van der Waals surface area contributed by atoms with E-state index in [1.54, 1.807) is 12.4 Å². The van der Waals surface area contributed by atoms with Crippen LogP contribution < -0.4 is 5.32 Å². The zero-order valence-corrected chi connectivity index (χ0v) is 12.9. The SMILES string of the molecule is O=C(CCc1ccncc1)N[C@@H]1CCC[C@@H]1N1CCC(O)C1. The van der Waals surface area contributed by atoms with E-state index >= 15 is 0 Å². The van der Waals surface area contributed by atoms with Crippen LogP contribution in [0.1, 0.15) is 37.7 Å². The van der Waals surface area contributed by atoms with Crippen LogP contribution in [-0.4, -0.2) is 52.2 Å². The van der Waals surface area contributed by atoms with Crippen molar-refractivity contribution < 1.29 is 9.90 Å². The predicted octanol–water partition coefficient (Wildman–Crippen LogP) is 1.12. The number of aryl methyl sites for hydroxylation is 1. The Morgan fingerprint density at radius 1 is 1.32 bits per heavy atom. The average molecular weight is 303 g/mol. The summed E-state index contributed by atoms with van der Waals surface area (Å²) in [7, 11) is 0. The van der Waals surface area contributed by atoms with Gasteiger partial charge in [-0.15, -0.1) is 0 Å². The summed E-state index contributed by atoms with van der Waals surface area (Å²) in [6.07, 6.45) is 8.82. The van der Waals surface area contributed by atoms with Crippen LogP contribution in [0.5, 0.6) is 0 Å². The van der Waals surface area contributed by atoms with Gasteiger partial charge in [0, 0.05) is 44.0 Å². The van der Waals surface area contributed by atoms with Gasteiger partial charge in [-0.2, -0.15) is 0 Å². The number of carbonyl (C=O) groups excluding carboxylic acids is 1. The number of nitrogens with zero attached hydrogens (tertiary/aromatic N) is 2. The highest BCUT2D eigenvalue weighted by atomic mass is 16.3. The van der Waals surface area contributed by atoms with Crippen molar-refractivity contribution in [2.75, 3.05) is 13.1 Å². The lowest BCUT2D eigenvalue weighted by atomic mass is 10.1. The van der Waals surface area contributed by atoms with Gasteiger partial charge in [0.15, 0.2) is 0 Å². The molecule has 5 nitrogen and oxygen atoms in total. The Hall–Kier alpha value is -1.46. The third kappa shape index (κ3) is 3.84. The number of amides is 1. The van der Waals surface area contributed by atoms with E-state index in [1.807, 2.05) is 12.1 Å². The normalized spacial score (nSPS) is 28.9. The van der Waals surface area contributed by atoms with E-state index in [-0.39, 0.29) is 18.1 Å². The molecule has 0 radical (unpaired) electrons. The van der Waals surface area contributed by atoms with E-state index in [0.717, 1.165) is 50.8 Å². The maximum Gasteiger partial charge on any atom is 0.220 e. The van der Waals surface area contributed by atoms with Gasteiger partial charge in [-0.05, 0) is 49.8 Å². The number of aromatic nitrogens is 1. The summed E-state index contributed by atoms with van der Waals surface area (Å²) >= 11 is 0. The molecule has 1 saturated heterocycles. The van der Waals surface area contributed by atoms with Crippen LogP contribution in [0.4, 0.5) is 0 Å². The number of rotatable bonds is 5. The van der Waals surface area contributed by atoms with Gasteiger partial charge in [-0.3, -0.25) is 14.7 Å². The van der Waals surface area contributed by atoms with Gasteiger partial charge in [0.1, 0.15) is 0 Å². The number of hydrogen-bond donors (Lipinski definition) is 2. The molecule has 2 fully saturated rings. The molecule has 0 bridgehead atoms. The summed E-state index contributed by atoms with van der Waals surface area (Å²) in [6.45, 7) is 1.71. The first-order chi connectivity index (χ1) is 10.7. The summed E-state index contributed by atoms with van der Waals surface area (Å²) < 4.78 is 0. The minimum Gasteiger partial charge on any atom is -0.392 e. The van der Waals surface area contributed by atoms with E-state index in [9.17, 15) is 9.90 Å². The summed E-state index contributed by atoms with van der Waals surface area (Å²) in [5.41, 5.74) is 1.15. The molecule has 1 aromatic rings. The third-order valence-corrected chi connectivity index (χ3v) is 4.88. The molecule has 1 aromatic heterocycles. The molecule has 0 aromatic carbocycles. The Bertz CT molecular complexity index is 494. The molecule has 1 unspecified atom stereocenters. The molecule has 5 heteroatoms. The average Bonchev–Trinajstić information content (AvgIpc) is 3.15. The molecule has 1 amide bonds. The minimum absolute atomic E-state index is 0.133. The molecule has 2 heterocycles. The maximum atomic E-state index is 12.2. The summed E-state index contributed by atoms with van der Waals surface area (Å²) in [6, 6.07) is 4.56. The molecule has 1 aliphatic carbocycles. The van der Waals surface area contributed by atoms with Crippen molar-refractivity contribution in [2.24, 2.45) is 0 Å². The molecule has 120 valence electrons. The Balaban J connectivity index is 1.48. The zero-order chi connectivity index (χ0) is 15.4. The van der Waals surface area contributed by atoms with Crippen molar-refractivity contribution in [2.45, 2.75) is 56.7 Å². The first-order valence-electron chi connectivity index (χ1n) is 8.33. The van der Waals surface area contributed by atoms with Crippen LogP contribution in [-0.2, 0) is 11.2 Å². The highest BCUT2D eigenvalue weighted by Crippen LogP contribution is 2.27. The molecular weight excluding hydrogens is 278 g/mol. The van der Waals surface area contributed by atoms with E-state index in [0.29, 0.717) is 12.5 Å². The Morgan fingerprint density at radius 2 is 2.14 bits per heavy atom. The fourth-order valence-corrected chi connectivity index (χ4v) is 3.70. The van der Waals surface area contributed by atoms with Crippen molar-refractivity contribution in [3.05, 3.63) is 30.1 Å². The quantitative estimate of drug-likeness (QED) is 0.855. The molecule has 2 N–H and O–H groups in total. The third-order valence-electron chi connectivity index (χ3n) is 4.88. The number of nitrogens with one attached hydrogen (secondary N) is 1. The summed E-state index contributed by atoms with van der Waals surface area (Å²) in [5.74, 6) is 0.133. The topological polar surface area (TPSA) is 65.5 Å². The second kappa shape index (κ2) is 7.20. The second-order valence-corrected chi connectivity index (χ2v) is 6.47. The fourth-order valence-electron chi connectivity index (χ4n) is 3.70. The number of carbonyl (C=O) groups is 1. The van der Waals surface area contributed by atoms with Crippen LogP contribution in [0, 0.1) is 0 Å². The van der Waals surface area contributed by atoms with Crippen LogP contribution in [0.15, 0.2) is 24.5 Å². The van der Waals surface area contributed by atoms with Crippen molar-refractivity contribution in [1.82, 2.24) is 15.2 Å². The summed E-state index contributed by atoms with van der Waals surface area (Å²) in [5, 5.41) is 12.9. The largest absolute Gasteiger partial charge is 0.392 e. The molecular formula is C17H25N3O2. The molecule has 3 rings (SSSR count). The number of pyridine rings is 1. The van der Waals surface area contributed by atoms with Gasteiger partial charge in [0.2, 0.25) is 5.91 Å². The van der Waals surface area contributed by atoms with E-state index < -0.39 is 0 Å². The van der Waals surface area contributed by atoms with Gasteiger partial charge >= 0.3 is 0 Å². The number of likely N-dealkylation sites (tertiary alicyclic amines) is 1. The molecule has 22 heavy (non-hydrogen) atoms. The Labute approximate surface area is 131 Å². The second-order valence-electron chi connectivity index (χ2n) is 6.47. The Kier molecular flexibility index (Phi) is 5.05. The van der Waals surface area contributed by atoms with Gasteiger partial charge in [-0.1, -0.05) is 0 Å². The van der Waals surface area contributed by atoms with E-state index in [4.69, 9.17) is 0 Å². The van der Waals surface area contributed by atoms with Gasteiger partial charge < -0.3 is 10.4 Å². The Morgan fingerprint density at radius 3 is 2.86 bits per heavy atom.